The molecule has 23 heteroatoms. The Morgan fingerprint density at radius 2 is 0.529 bits per heavy atom. The van der Waals surface area contributed by atoms with Gasteiger partial charge in [-0.2, -0.15) is 0 Å². The van der Waals surface area contributed by atoms with Crippen molar-refractivity contribution < 1.29 is 81.5 Å². The number of ketones is 6. The van der Waals surface area contributed by atoms with Crippen LogP contribution in [0, 0.1) is 20.8 Å². The van der Waals surface area contributed by atoms with Crippen LogP contribution in [0.4, 0.5) is 0 Å². The van der Waals surface area contributed by atoms with Gasteiger partial charge in [-0.1, -0.05) is 204 Å². The van der Waals surface area contributed by atoms with Crippen molar-refractivity contribution in [3.05, 3.63) is 405 Å². The maximum Gasteiger partial charge on any atom is 0.332 e. The van der Waals surface area contributed by atoms with Crippen molar-refractivity contribution in [2.45, 2.75) is 75.0 Å². The second kappa shape index (κ2) is 41.8. The molecule has 0 saturated carbocycles. The van der Waals surface area contributed by atoms with Gasteiger partial charge >= 0.3 is 29.8 Å². The summed E-state index contributed by atoms with van der Waals surface area (Å²) in [6, 6.07) is 95.1. The number of rotatable bonds is 29. The van der Waals surface area contributed by atoms with Crippen molar-refractivity contribution in [3.63, 3.8) is 0 Å². The van der Waals surface area contributed by atoms with Gasteiger partial charge in [0.1, 0.15) is 13.2 Å². The van der Waals surface area contributed by atoms with Crippen LogP contribution in [0.1, 0.15) is 147 Å². The number of hydrogen-bond acceptors (Lipinski definition) is 20. The van der Waals surface area contributed by atoms with Crippen LogP contribution in [0.15, 0.2) is 338 Å². The zero-order valence-corrected chi connectivity index (χ0v) is 76.8. The van der Waals surface area contributed by atoms with E-state index in [1.165, 1.54) is 27.7 Å². The third kappa shape index (κ3) is 20.4. The summed E-state index contributed by atoms with van der Waals surface area (Å²) in [5.41, 5.74) is 13.4. The Balaban J connectivity index is 0.000000150. The van der Waals surface area contributed by atoms with E-state index in [1.54, 1.807) is 72.8 Å². The van der Waals surface area contributed by atoms with E-state index in [-0.39, 0.29) is 59.5 Å². The van der Waals surface area contributed by atoms with E-state index >= 15 is 0 Å². The normalized spacial score (nSPS) is 11.6. The number of esters is 2. The van der Waals surface area contributed by atoms with Crippen LogP contribution in [0.5, 0.6) is 0 Å². The molecule has 0 aliphatic rings. The first-order chi connectivity index (χ1) is 66.8. The molecule has 0 aliphatic carbocycles. The molecule has 0 aliphatic heterocycles. The van der Waals surface area contributed by atoms with Crippen molar-refractivity contribution in [1.82, 2.24) is 13.7 Å². The van der Waals surface area contributed by atoms with Crippen LogP contribution in [0.2, 0.25) is 0 Å². The number of aromatic nitrogens is 3. The quantitative estimate of drug-likeness (QED) is 0.00800. The first-order valence-electron chi connectivity index (χ1n) is 44.7. The van der Waals surface area contributed by atoms with Crippen LogP contribution < -0.4 is 0 Å². The summed E-state index contributed by atoms with van der Waals surface area (Å²) in [6.07, 6.45) is 1.11. The molecule has 138 heavy (non-hydrogen) atoms. The Hall–Kier alpha value is -17.4. The molecule has 3 aromatic heterocycles. The monoisotopic (exact) mass is 1830 g/mol. The summed E-state index contributed by atoms with van der Waals surface area (Å²) < 4.78 is 22.3. The fraction of sp³-hybridized carbons (Fsp3) is 0.130. The van der Waals surface area contributed by atoms with Gasteiger partial charge in [-0.05, 0) is 204 Å². The molecule has 18 aromatic rings. The largest absolute Gasteiger partial charge is 0.464 e. The topological polar surface area (TPSA) is 295 Å². The fourth-order valence-corrected chi connectivity index (χ4v) is 17.1. The lowest BCUT2D eigenvalue weighted by Gasteiger charge is -2.10. The summed E-state index contributed by atoms with van der Waals surface area (Å²) in [6.45, 7) is 18.7. The molecule has 3 heterocycles. The van der Waals surface area contributed by atoms with Gasteiger partial charge in [0, 0.05) is 179 Å². The first-order valence-corrected chi connectivity index (χ1v) is 44.7. The molecule has 684 valence electrons. The minimum absolute atomic E-state index is 0.00147. The number of aryl methyl sites for hydroxylation is 3. The van der Waals surface area contributed by atoms with E-state index in [9.17, 15) is 52.7 Å². The minimum Gasteiger partial charge on any atom is -0.464 e. The molecule has 0 bridgehead atoms. The Bertz CT molecular complexity index is 8140. The van der Waals surface area contributed by atoms with Gasteiger partial charge in [0.25, 0.3) is 0 Å². The van der Waals surface area contributed by atoms with E-state index in [4.69, 9.17) is 28.7 Å². The van der Waals surface area contributed by atoms with Crippen LogP contribution in [-0.2, 0) is 72.3 Å². The van der Waals surface area contributed by atoms with Gasteiger partial charge in [0.2, 0.25) is 17.3 Å². The number of Topliss-reactive ketones (excluding diaryl/α,β-unsaturated/α-hetero) is 3. The second-order valence-corrected chi connectivity index (χ2v) is 32.9. The van der Waals surface area contributed by atoms with E-state index in [0.29, 0.717) is 105 Å². The Morgan fingerprint density at radius 3 is 0.804 bits per heavy atom. The molecule has 0 radical (unpaired) electrons. The van der Waals surface area contributed by atoms with Gasteiger partial charge in [-0.3, -0.25) is 33.6 Å². The van der Waals surface area contributed by atoms with Crippen LogP contribution in [0.25, 0.3) is 97.7 Å². The summed E-state index contributed by atoms with van der Waals surface area (Å²) in [7, 11) is 0. The molecule has 0 spiro atoms. The van der Waals surface area contributed by atoms with Gasteiger partial charge < -0.3 is 42.4 Å². The van der Waals surface area contributed by atoms with Crippen molar-refractivity contribution in [2.24, 2.45) is 15.5 Å². The molecule has 18 rings (SSSR count). The number of carbonyl (C=O) groups is 11. The lowest BCUT2D eigenvalue weighted by molar-refractivity contribution is -0.142. The number of oxime groups is 3. The molecule has 0 unspecified atom stereocenters. The predicted molar refractivity (Wildman–Crippen MR) is 536 cm³/mol. The summed E-state index contributed by atoms with van der Waals surface area (Å²) >= 11 is 0. The van der Waals surface area contributed by atoms with Crippen molar-refractivity contribution in [2.75, 3.05) is 26.4 Å². The molecule has 0 saturated heterocycles. The number of nitrogens with zero attached hydrogens (tertiary/aromatic N) is 6. The highest BCUT2D eigenvalue weighted by atomic mass is 16.7. The lowest BCUT2D eigenvalue weighted by Crippen LogP contribution is -2.18. The Morgan fingerprint density at radius 1 is 0.283 bits per heavy atom. The molecule has 0 amide bonds. The predicted octanol–water partition coefficient (Wildman–Crippen LogP) is 22.2. The molecule has 0 N–H and O–H groups in total. The average molecular weight is 1830 g/mol. The third-order valence-electron chi connectivity index (χ3n) is 23.9. The standard InChI is InChI=1S/C39H30N2O6.C38H30N2O6.C38H32N2O5/c1-4-36(43)46-20-19-41-34-17-15-29(38(44)28-14-13-26-10-6-7-11-27(26)21-28)22-32(34)33-23-30(16-18-35(33)41)39(45)37(40-47-25(3)42)31-12-8-5-9-24(31)2;1-23-8-4-7-11-31(23)36(39-46-25(3)42)38(44)30-15-17-35-33(22-30)32-21-29(14-16-34(32)40(35)18-19-45-24(2)41)37(43)28-13-12-26-9-5-6-10-27(26)20-28;1-4-44-20-19-40-34-17-15-29(37(42)28-14-13-26-10-6-7-11-27(26)21-28)22-32(34)33-23-30(16-18-35(33)40)38(43)36(39-45-25(3)41)31-12-8-5-9-24(31)2/h4-18,21-23H,1,19-20H2,2-3H3;4-17,20-22H,18-19H2,1-3H3;5-18,21-23H,4,19-20H2,1-3H3/b40-37+;2*39-36+. The summed E-state index contributed by atoms with van der Waals surface area (Å²) in [4.78, 5) is 156. The molecular formula is C115H92N6O17. The van der Waals surface area contributed by atoms with Gasteiger partial charge in [0.15, 0.2) is 34.5 Å². The summed E-state index contributed by atoms with van der Waals surface area (Å²) in [5.74, 6) is -4.43. The average Bonchev–Trinajstić information content (AvgIpc) is 1.63. The SMILES string of the molecule is C=CC(=O)OCCn1c2ccc(C(=O)/C(=N/OC(C)=O)c3ccccc3C)cc2c2cc(C(=O)c3ccc4ccccc4c3)ccc21.CC(=O)OCCn1c2ccc(C(=O)/C(=N/OC(C)=O)c3ccccc3C)cc2c2cc(C(=O)c3ccc4ccccc4c3)ccc21.CCOCCn1c2ccc(C(=O)/C(=N/OC(C)=O)c3ccccc3C)cc2c2cc(C(=O)c3ccc4ccccc4c3)ccc21. The molecule has 23 nitrogen and oxygen atoms in total. The maximum atomic E-state index is 14.0. The molecule has 0 fully saturated rings. The number of carbonyl (C=O) groups excluding carboxylic acids is 11. The zero-order valence-electron chi connectivity index (χ0n) is 76.8. The van der Waals surface area contributed by atoms with E-state index in [2.05, 4.69) is 26.6 Å². The van der Waals surface area contributed by atoms with Crippen LogP contribution >= 0.6 is 0 Å². The van der Waals surface area contributed by atoms with Crippen molar-refractivity contribution in [3.8, 4) is 0 Å². The van der Waals surface area contributed by atoms with Gasteiger partial charge in [-0.15, -0.1) is 0 Å². The molecule has 0 atom stereocenters. The van der Waals surface area contributed by atoms with E-state index in [1.807, 2.05) is 273 Å². The molecule has 15 aromatic carbocycles. The van der Waals surface area contributed by atoms with Crippen LogP contribution in [0.3, 0.4) is 0 Å². The lowest BCUT2D eigenvalue weighted by atomic mass is 9.96. The number of hydrogen-bond donors (Lipinski definition) is 0. The maximum absolute atomic E-state index is 14.0. The zero-order chi connectivity index (χ0) is 97.0. The summed E-state index contributed by atoms with van der Waals surface area (Å²) in [5, 5.41) is 22.6. The highest BCUT2D eigenvalue weighted by molar-refractivity contribution is 6.53. The second-order valence-electron chi connectivity index (χ2n) is 32.9. The highest BCUT2D eigenvalue weighted by Gasteiger charge is 2.28. The number of benzene rings is 15. The van der Waals surface area contributed by atoms with Crippen LogP contribution in [-0.4, -0.2) is 122 Å². The van der Waals surface area contributed by atoms with Crippen molar-refractivity contribution >= 4 is 179 Å². The van der Waals surface area contributed by atoms with Crippen molar-refractivity contribution in [1.29, 1.82) is 0 Å². The van der Waals surface area contributed by atoms with E-state index < -0.39 is 35.4 Å². The minimum atomic E-state index is -0.650. The Kier molecular flexibility index (Phi) is 28.4. The Labute approximate surface area is 792 Å². The number of ether oxygens (including phenoxy) is 3. The van der Waals surface area contributed by atoms with Gasteiger partial charge in [-0.25, -0.2) is 19.2 Å². The van der Waals surface area contributed by atoms with E-state index in [0.717, 1.165) is 115 Å². The smallest absolute Gasteiger partial charge is 0.332 e. The molecular weight excluding hydrogens is 1740 g/mol. The highest BCUT2D eigenvalue weighted by Crippen LogP contribution is 2.38. The number of fused-ring (bicyclic) bond motifs is 12. The third-order valence-corrected chi connectivity index (χ3v) is 23.9. The fourth-order valence-electron chi connectivity index (χ4n) is 17.1. The van der Waals surface area contributed by atoms with Gasteiger partial charge in [0.05, 0.1) is 19.7 Å². The first kappa shape index (κ1) is 93.8.